The minimum absolute atomic E-state index is 0.548. The summed E-state index contributed by atoms with van der Waals surface area (Å²) < 4.78 is 11.2. The standard InChI is InChI=1S/C16H20ClNO2/c1-2-7-18-10-16-14(6-8-20-16)12-19-11-13-4-3-5-15(17)9-13/h3-6,8-9,18H,2,7,10-12H2,1H3. The van der Waals surface area contributed by atoms with Crippen LogP contribution < -0.4 is 5.32 Å². The third-order valence-corrected chi connectivity index (χ3v) is 3.20. The maximum atomic E-state index is 5.94. The van der Waals surface area contributed by atoms with Crippen LogP contribution in [-0.2, 0) is 24.5 Å². The van der Waals surface area contributed by atoms with Crippen molar-refractivity contribution in [1.82, 2.24) is 5.32 Å². The Balaban J connectivity index is 1.80. The highest BCUT2D eigenvalue weighted by Crippen LogP contribution is 2.15. The molecule has 2 aromatic rings. The summed E-state index contributed by atoms with van der Waals surface area (Å²) >= 11 is 5.94. The summed E-state index contributed by atoms with van der Waals surface area (Å²) in [5.74, 6) is 0.949. The Labute approximate surface area is 124 Å². The van der Waals surface area contributed by atoms with E-state index in [2.05, 4.69) is 12.2 Å². The highest BCUT2D eigenvalue weighted by Gasteiger charge is 2.06. The van der Waals surface area contributed by atoms with Crippen LogP contribution in [-0.4, -0.2) is 6.54 Å². The molecule has 0 fully saturated rings. The van der Waals surface area contributed by atoms with Gasteiger partial charge in [0.05, 0.1) is 26.0 Å². The van der Waals surface area contributed by atoms with Crippen LogP contribution in [0.3, 0.4) is 0 Å². The van der Waals surface area contributed by atoms with Gasteiger partial charge in [-0.2, -0.15) is 0 Å². The fourth-order valence-electron chi connectivity index (χ4n) is 1.94. The Morgan fingerprint density at radius 3 is 2.95 bits per heavy atom. The average molecular weight is 294 g/mol. The van der Waals surface area contributed by atoms with E-state index in [1.54, 1.807) is 6.26 Å². The first-order chi connectivity index (χ1) is 9.79. The molecular weight excluding hydrogens is 274 g/mol. The summed E-state index contributed by atoms with van der Waals surface area (Å²) in [6.45, 7) is 4.98. The van der Waals surface area contributed by atoms with Crippen LogP contribution in [0, 0.1) is 0 Å². The second-order valence-corrected chi connectivity index (χ2v) is 5.10. The second kappa shape index (κ2) is 8.10. The van der Waals surface area contributed by atoms with Gasteiger partial charge in [0.25, 0.3) is 0 Å². The number of hydrogen-bond acceptors (Lipinski definition) is 3. The van der Waals surface area contributed by atoms with Crippen molar-refractivity contribution in [2.24, 2.45) is 0 Å². The molecule has 0 bridgehead atoms. The first kappa shape index (κ1) is 15.1. The van der Waals surface area contributed by atoms with Gasteiger partial charge in [-0.3, -0.25) is 0 Å². The highest BCUT2D eigenvalue weighted by atomic mass is 35.5. The van der Waals surface area contributed by atoms with Gasteiger partial charge in [0.15, 0.2) is 0 Å². The van der Waals surface area contributed by atoms with Crippen molar-refractivity contribution in [3.05, 3.63) is 58.5 Å². The average Bonchev–Trinajstić information content (AvgIpc) is 2.87. The van der Waals surface area contributed by atoms with Gasteiger partial charge in [0.2, 0.25) is 0 Å². The van der Waals surface area contributed by atoms with E-state index in [-0.39, 0.29) is 0 Å². The first-order valence-electron chi connectivity index (χ1n) is 6.87. The minimum Gasteiger partial charge on any atom is -0.468 e. The quantitative estimate of drug-likeness (QED) is 0.743. The van der Waals surface area contributed by atoms with Crippen LogP contribution in [0.4, 0.5) is 0 Å². The predicted molar refractivity (Wildman–Crippen MR) is 80.7 cm³/mol. The summed E-state index contributed by atoms with van der Waals surface area (Å²) in [6.07, 6.45) is 2.82. The maximum Gasteiger partial charge on any atom is 0.123 e. The summed E-state index contributed by atoms with van der Waals surface area (Å²) in [5, 5.41) is 4.06. The van der Waals surface area contributed by atoms with Crippen LogP contribution in [0.15, 0.2) is 41.0 Å². The fourth-order valence-corrected chi connectivity index (χ4v) is 2.15. The van der Waals surface area contributed by atoms with Crippen molar-refractivity contribution in [3.63, 3.8) is 0 Å². The molecule has 0 aliphatic heterocycles. The number of nitrogens with one attached hydrogen (secondary N) is 1. The van der Waals surface area contributed by atoms with E-state index < -0.39 is 0 Å². The number of benzene rings is 1. The predicted octanol–water partition coefficient (Wildman–Crippen LogP) is 4.15. The number of halogens is 1. The molecule has 3 nitrogen and oxygen atoms in total. The molecule has 20 heavy (non-hydrogen) atoms. The smallest absolute Gasteiger partial charge is 0.123 e. The Morgan fingerprint density at radius 2 is 2.15 bits per heavy atom. The molecule has 1 heterocycles. The Kier molecular flexibility index (Phi) is 6.12. The molecule has 0 aliphatic rings. The zero-order chi connectivity index (χ0) is 14.2. The molecule has 0 spiro atoms. The molecular formula is C16H20ClNO2. The summed E-state index contributed by atoms with van der Waals surface area (Å²) in [7, 11) is 0. The molecule has 0 amide bonds. The van der Waals surface area contributed by atoms with Crippen molar-refractivity contribution in [2.45, 2.75) is 33.1 Å². The van der Waals surface area contributed by atoms with Crippen LogP contribution >= 0.6 is 11.6 Å². The van der Waals surface area contributed by atoms with Crippen molar-refractivity contribution >= 4 is 11.6 Å². The zero-order valence-electron chi connectivity index (χ0n) is 11.7. The SMILES string of the molecule is CCCNCc1occc1COCc1cccc(Cl)c1. The van der Waals surface area contributed by atoms with E-state index in [0.29, 0.717) is 13.2 Å². The van der Waals surface area contributed by atoms with Gasteiger partial charge in [0.1, 0.15) is 5.76 Å². The highest BCUT2D eigenvalue weighted by molar-refractivity contribution is 6.30. The molecule has 0 saturated heterocycles. The zero-order valence-corrected chi connectivity index (χ0v) is 12.5. The van der Waals surface area contributed by atoms with E-state index in [9.17, 15) is 0 Å². The lowest BCUT2D eigenvalue weighted by molar-refractivity contribution is 0.106. The Bertz CT molecular complexity index is 525. The van der Waals surface area contributed by atoms with Gasteiger partial charge in [-0.1, -0.05) is 30.7 Å². The lowest BCUT2D eigenvalue weighted by Gasteiger charge is -2.06. The third-order valence-electron chi connectivity index (χ3n) is 2.97. The molecule has 1 aromatic carbocycles. The van der Waals surface area contributed by atoms with E-state index in [1.807, 2.05) is 30.3 Å². The van der Waals surface area contributed by atoms with Crippen LogP contribution in [0.2, 0.25) is 5.02 Å². The Morgan fingerprint density at radius 1 is 1.25 bits per heavy atom. The minimum atomic E-state index is 0.548. The maximum absolute atomic E-state index is 5.94. The largest absolute Gasteiger partial charge is 0.468 e. The molecule has 0 aliphatic carbocycles. The van der Waals surface area contributed by atoms with Gasteiger partial charge in [-0.15, -0.1) is 0 Å². The Hall–Kier alpha value is -1.29. The first-order valence-corrected chi connectivity index (χ1v) is 7.25. The fraction of sp³-hybridized carbons (Fsp3) is 0.375. The van der Waals surface area contributed by atoms with Crippen molar-refractivity contribution < 1.29 is 9.15 Å². The van der Waals surface area contributed by atoms with E-state index >= 15 is 0 Å². The molecule has 0 radical (unpaired) electrons. The van der Waals surface area contributed by atoms with Crippen LogP contribution in [0.1, 0.15) is 30.2 Å². The lowest BCUT2D eigenvalue weighted by Crippen LogP contribution is -2.14. The van der Waals surface area contributed by atoms with Gasteiger partial charge in [-0.05, 0) is 36.7 Å². The van der Waals surface area contributed by atoms with E-state index in [0.717, 1.165) is 41.4 Å². The topological polar surface area (TPSA) is 34.4 Å². The van der Waals surface area contributed by atoms with Gasteiger partial charge in [-0.25, -0.2) is 0 Å². The van der Waals surface area contributed by atoms with Crippen LogP contribution in [0.25, 0.3) is 0 Å². The second-order valence-electron chi connectivity index (χ2n) is 4.67. The molecule has 1 N–H and O–H groups in total. The van der Waals surface area contributed by atoms with Crippen LogP contribution in [0.5, 0.6) is 0 Å². The van der Waals surface area contributed by atoms with Crippen molar-refractivity contribution in [3.8, 4) is 0 Å². The normalized spacial score (nSPS) is 10.9. The number of rotatable bonds is 8. The lowest BCUT2D eigenvalue weighted by atomic mass is 10.2. The monoisotopic (exact) mass is 293 g/mol. The molecule has 0 atom stereocenters. The number of furan rings is 1. The van der Waals surface area contributed by atoms with Crippen molar-refractivity contribution in [1.29, 1.82) is 0 Å². The van der Waals surface area contributed by atoms with Gasteiger partial charge < -0.3 is 14.5 Å². The molecule has 0 unspecified atom stereocenters. The molecule has 1 aromatic heterocycles. The van der Waals surface area contributed by atoms with Gasteiger partial charge in [0, 0.05) is 10.6 Å². The molecule has 0 saturated carbocycles. The summed E-state index contributed by atoms with van der Waals surface area (Å²) in [4.78, 5) is 0. The van der Waals surface area contributed by atoms with Crippen molar-refractivity contribution in [2.75, 3.05) is 6.54 Å². The van der Waals surface area contributed by atoms with Gasteiger partial charge >= 0.3 is 0 Å². The molecule has 108 valence electrons. The molecule has 2 rings (SSSR count). The summed E-state index contributed by atoms with van der Waals surface area (Å²) in [5.41, 5.74) is 2.17. The number of hydrogen-bond donors (Lipinski definition) is 1. The molecule has 4 heteroatoms. The number of ether oxygens (including phenoxy) is 1. The van der Waals surface area contributed by atoms with E-state index in [4.69, 9.17) is 20.8 Å². The summed E-state index contributed by atoms with van der Waals surface area (Å²) in [6, 6.07) is 9.67. The third kappa shape index (κ3) is 4.67. The van der Waals surface area contributed by atoms with E-state index in [1.165, 1.54) is 0 Å².